The highest BCUT2D eigenvalue weighted by Crippen LogP contribution is 2.35. The minimum absolute atomic E-state index is 0.0272. The van der Waals surface area contributed by atoms with E-state index in [0.29, 0.717) is 28.5 Å². The van der Waals surface area contributed by atoms with E-state index >= 15 is 0 Å². The van der Waals surface area contributed by atoms with E-state index in [1.54, 1.807) is 81.7 Å². The average Bonchev–Trinajstić information content (AvgIpc) is 3.35. The molecule has 0 fully saturated rings. The number of anilines is 1. The van der Waals surface area contributed by atoms with Gasteiger partial charge in [-0.2, -0.15) is 0 Å². The molecule has 0 radical (unpaired) electrons. The third-order valence-corrected chi connectivity index (χ3v) is 7.38. The maximum absolute atomic E-state index is 13.5. The summed E-state index contributed by atoms with van der Waals surface area (Å²) in [4.78, 5) is 27.7. The SMILES string of the molecule is COc1ccc(CC(NC(=O)NS(=O)(=O)c2ccccc2C)C(=O)N(C)c2ccc3c(c2)OCO3)cc1. The minimum atomic E-state index is -4.16. The molecule has 3 aromatic rings. The third kappa shape index (κ3) is 5.95. The first-order valence-corrected chi connectivity index (χ1v) is 12.9. The molecule has 0 aromatic heterocycles. The summed E-state index contributed by atoms with van der Waals surface area (Å²) in [5.41, 5.74) is 1.74. The van der Waals surface area contributed by atoms with Crippen molar-refractivity contribution in [2.75, 3.05) is 25.9 Å². The van der Waals surface area contributed by atoms with Gasteiger partial charge in [-0.25, -0.2) is 17.9 Å². The molecular weight excluding hydrogens is 498 g/mol. The second-order valence-electron chi connectivity index (χ2n) is 8.38. The van der Waals surface area contributed by atoms with Crippen molar-refractivity contribution in [3.8, 4) is 17.2 Å². The second-order valence-corrected chi connectivity index (χ2v) is 10.0. The van der Waals surface area contributed by atoms with Gasteiger partial charge in [-0.15, -0.1) is 0 Å². The van der Waals surface area contributed by atoms with Crippen LogP contribution in [0.2, 0.25) is 0 Å². The standard InChI is InChI=1S/C26H27N3O7S/c1-17-6-4-5-7-24(17)37(32,33)28-26(31)27-21(14-18-8-11-20(34-3)12-9-18)25(30)29(2)19-10-13-22-23(15-19)36-16-35-22/h4-13,15,21H,14,16H2,1-3H3,(H2,27,28,31). The van der Waals surface area contributed by atoms with E-state index in [-0.39, 0.29) is 18.1 Å². The summed E-state index contributed by atoms with van der Waals surface area (Å²) < 4.78 is 43.5. The lowest BCUT2D eigenvalue weighted by molar-refractivity contribution is -0.120. The number of methoxy groups -OCH3 is 1. The van der Waals surface area contributed by atoms with E-state index in [1.165, 1.54) is 11.0 Å². The highest BCUT2D eigenvalue weighted by atomic mass is 32.2. The number of nitrogens with one attached hydrogen (secondary N) is 2. The molecule has 1 unspecified atom stereocenters. The number of benzene rings is 3. The van der Waals surface area contributed by atoms with Gasteiger partial charge >= 0.3 is 6.03 Å². The summed E-state index contributed by atoms with van der Waals surface area (Å²) in [6.45, 7) is 1.72. The fourth-order valence-corrected chi connectivity index (χ4v) is 5.04. The van der Waals surface area contributed by atoms with Crippen molar-refractivity contribution in [3.05, 3.63) is 77.9 Å². The monoisotopic (exact) mass is 525 g/mol. The molecule has 0 spiro atoms. The van der Waals surface area contributed by atoms with Gasteiger partial charge in [0.15, 0.2) is 11.5 Å². The Kier molecular flexibility index (Phi) is 7.53. The van der Waals surface area contributed by atoms with Gasteiger partial charge in [0, 0.05) is 25.2 Å². The van der Waals surface area contributed by atoms with Crippen LogP contribution < -0.4 is 29.1 Å². The van der Waals surface area contributed by atoms with Gasteiger partial charge < -0.3 is 24.4 Å². The molecule has 1 heterocycles. The van der Waals surface area contributed by atoms with Crippen LogP contribution in [0, 0.1) is 6.92 Å². The van der Waals surface area contributed by atoms with E-state index < -0.39 is 28.0 Å². The van der Waals surface area contributed by atoms with E-state index in [9.17, 15) is 18.0 Å². The summed E-state index contributed by atoms with van der Waals surface area (Å²) in [5.74, 6) is 1.24. The summed E-state index contributed by atoms with van der Waals surface area (Å²) in [6, 6.07) is 16.2. The Morgan fingerprint density at radius 1 is 1.03 bits per heavy atom. The topological polar surface area (TPSA) is 123 Å². The van der Waals surface area contributed by atoms with Crippen LogP contribution in [-0.4, -0.2) is 47.3 Å². The van der Waals surface area contributed by atoms with Crippen LogP contribution in [0.25, 0.3) is 0 Å². The lowest BCUT2D eigenvalue weighted by Crippen LogP contribution is -2.52. The number of urea groups is 1. The van der Waals surface area contributed by atoms with Crippen molar-refractivity contribution in [2.45, 2.75) is 24.3 Å². The number of likely N-dealkylation sites (N-methyl/N-ethyl adjacent to an activating group) is 1. The van der Waals surface area contributed by atoms with Gasteiger partial charge in [0.25, 0.3) is 10.0 Å². The number of sulfonamides is 1. The van der Waals surface area contributed by atoms with Crippen LogP contribution in [0.4, 0.5) is 10.5 Å². The van der Waals surface area contributed by atoms with Crippen molar-refractivity contribution in [1.82, 2.24) is 10.0 Å². The van der Waals surface area contributed by atoms with Crippen molar-refractivity contribution >= 4 is 27.6 Å². The number of ether oxygens (including phenoxy) is 3. The average molecular weight is 526 g/mol. The number of hydrogen-bond donors (Lipinski definition) is 2. The van der Waals surface area contributed by atoms with Gasteiger partial charge in [-0.1, -0.05) is 30.3 Å². The molecular formula is C26H27N3O7S. The Morgan fingerprint density at radius 3 is 2.43 bits per heavy atom. The molecule has 2 N–H and O–H groups in total. The predicted molar refractivity (Wildman–Crippen MR) is 136 cm³/mol. The fraction of sp³-hybridized carbons (Fsp3) is 0.231. The molecule has 0 aliphatic carbocycles. The Morgan fingerprint density at radius 2 is 1.73 bits per heavy atom. The van der Waals surface area contributed by atoms with E-state index in [0.717, 1.165) is 5.56 Å². The van der Waals surface area contributed by atoms with Gasteiger partial charge in [-0.05, 0) is 48.4 Å². The molecule has 1 atom stereocenters. The largest absolute Gasteiger partial charge is 0.497 e. The summed E-state index contributed by atoms with van der Waals surface area (Å²) >= 11 is 0. The zero-order valence-corrected chi connectivity index (χ0v) is 21.4. The highest BCUT2D eigenvalue weighted by Gasteiger charge is 2.28. The zero-order valence-electron chi connectivity index (χ0n) is 20.6. The molecule has 10 nitrogen and oxygen atoms in total. The molecule has 37 heavy (non-hydrogen) atoms. The third-order valence-electron chi connectivity index (χ3n) is 5.89. The second kappa shape index (κ2) is 10.8. The number of fused-ring (bicyclic) bond motifs is 1. The Hall–Kier alpha value is -4.25. The number of aryl methyl sites for hydroxylation is 1. The predicted octanol–water partition coefficient (Wildman–Crippen LogP) is 2.99. The molecule has 0 saturated heterocycles. The first kappa shape index (κ1) is 25.8. The van der Waals surface area contributed by atoms with E-state index in [1.807, 2.05) is 4.72 Å². The van der Waals surface area contributed by atoms with E-state index in [2.05, 4.69) is 5.32 Å². The molecule has 11 heteroatoms. The van der Waals surface area contributed by atoms with Crippen LogP contribution in [0.15, 0.2) is 71.6 Å². The van der Waals surface area contributed by atoms with Gasteiger partial charge in [0.2, 0.25) is 12.7 Å². The molecule has 1 aliphatic heterocycles. The molecule has 194 valence electrons. The molecule has 3 amide bonds. The maximum atomic E-state index is 13.5. The molecule has 0 bridgehead atoms. The van der Waals surface area contributed by atoms with E-state index in [4.69, 9.17) is 14.2 Å². The van der Waals surface area contributed by atoms with Gasteiger partial charge in [0.05, 0.1) is 12.0 Å². The van der Waals surface area contributed by atoms with Crippen LogP contribution in [0.5, 0.6) is 17.2 Å². The lowest BCUT2D eigenvalue weighted by atomic mass is 10.0. The number of carbonyl (C=O) groups excluding carboxylic acids is 2. The van der Waals surface area contributed by atoms with Crippen LogP contribution in [0.1, 0.15) is 11.1 Å². The maximum Gasteiger partial charge on any atom is 0.329 e. The minimum Gasteiger partial charge on any atom is -0.497 e. The summed E-state index contributed by atoms with van der Waals surface area (Å²) in [7, 11) is -1.05. The first-order chi connectivity index (χ1) is 17.7. The quantitative estimate of drug-likeness (QED) is 0.463. The smallest absolute Gasteiger partial charge is 0.329 e. The van der Waals surface area contributed by atoms with Crippen LogP contribution in [-0.2, 0) is 21.2 Å². The van der Waals surface area contributed by atoms with Gasteiger partial charge in [0.1, 0.15) is 11.8 Å². The van der Waals surface area contributed by atoms with Crippen molar-refractivity contribution in [3.63, 3.8) is 0 Å². The lowest BCUT2D eigenvalue weighted by Gasteiger charge is -2.25. The fourth-order valence-electron chi connectivity index (χ4n) is 3.87. The normalized spacial score (nSPS) is 12.9. The molecule has 0 saturated carbocycles. The van der Waals surface area contributed by atoms with Crippen LogP contribution in [0.3, 0.4) is 0 Å². The first-order valence-electron chi connectivity index (χ1n) is 11.4. The van der Waals surface area contributed by atoms with Gasteiger partial charge in [-0.3, -0.25) is 4.79 Å². The number of hydrogen-bond acceptors (Lipinski definition) is 7. The number of rotatable bonds is 8. The summed E-state index contributed by atoms with van der Waals surface area (Å²) in [5, 5.41) is 2.53. The zero-order chi connectivity index (χ0) is 26.6. The molecule has 3 aromatic carbocycles. The number of nitrogens with zero attached hydrogens (tertiary/aromatic N) is 1. The molecule has 4 rings (SSSR count). The highest BCUT2D eigenvalue weighted by molar-refractivity contribution is 7.90. The molecule has 1 aliphatic rings. The van der Waals surface area contributed by atoms with Crippen molar-refractivity contribution < 1.29 is 32.2 Å². The Balaban J connectivity index is 1.56. The number of amides is 3. The summed E-state index contributed by atoms with van der Waals surface area (Å²) in [6.07, 6.45) is 0.107. The Bertz CT molecular complexity index is 1410. The Labute approximate surface area is 215 Å². The number of carbonyl (C=O) groups is 2. The van der Waals surface area contributed by atoms with Crippen molar-refractivity contribution in [2.24, 2.45) is 0 Å². The van der Waals surface area contributed by atoms with Crippen LogP contribution >= 0.6 is 0 Å². The van der Waals surface area contributed by atoms with Crippen molar-refractivity contribution in [1.29, 1.82) is 0 Å².